The highest BCUT2D eigenvalue weighted by Crippen LogP contribution is 2.29. The van der Waals surface area contributed by atoms with Crippen molar-refractivity contribution in [3.05, 3.63) is 70.7 Å². The summed E-state index contributed by atoms with van der Waals surface area (Å²) >= 11 is 3.45. The number of hydrogen-bond donors (Lipinski definition) is 2. The van der Waals surface area contributed by atoms with Crippen LogP contribution < -0.4 is 15.4 Å². The molecule has 27 heavy (non-hydrogen) atoms. The molecular weight excluding hydrogens is 408 g/mol. The van der Waals surface area contributed by atoms with E-state index in [1.54, 1.807) is 30.3 Å². The van der Waals surface area contributed by atoms with Crippen LogP contribution in [0.15, 0.2) is 59.6 Å². The molecule has 0 aromatic heterocycles. The van der Waals surface area contributed by atoms with Gasteiger partial charge < -0.3 is 15.4 Å². The van der Waals surface area contributed by atoms with E-state index < -0.39 is 0 Å². The Morgan fingerprint density at radius 2 is 1.96 bits per heavy atom. The van der Waals surface area contributed by atoms with Gasteiger partial charge in [0.05, 0.1) is 11.3 Å². The quantitative estimate of drug-likeness (QED) is 0.605. The van der Waals surface area contributed by atoms with Crippen LogP contribution in [0.3, 0.4) is 0 Å². The summed E-state index contributed by atoms with van der Waals surface area (Å²) in [5, 5.41) is 5.44. The van der Waals surface area contributed by atoms with Crippen LogP contribution >= 0.6 is 15.9 Å². The third kappa shape index (κ3) is 5.96. The van der Waals surface area contributed by atoms with Crippen molar-refractivity contribution < 1.29 is 14.3 Å². The maximum absolute atomic E-state index is 12.3. The molecule has 0 aliphatic rings. The Balaban J connectivity index is 2.05. The maximum atomic E-state index is 12.3. The lowest BCUT2D eigenvalue weighted by Crippen LogP contribution is -2.26. The van der Waals surface area contributed by atoms with Crippen LogP contribution in [-0.4, -0.2) is 25.0 Å². The summed E-state index contributed by atoms with van der Waals surface area (Å²) in [6.07, 6.45) is 1.59. The van der Waals surface area contributed by atoms with Crippen LogP contribution in [0.4, 0.5) is 5.69 Å². The standard InChI is InChI=1S/C21H23BrN2O3/c1-4-11-23-21(26)16-7-5-6-8-18(16)24-20(25)13-27-19-10-9-15(22)12-17(19)14(2)3/h4-10,12,14H,1,11,13H2,2-3H3,(H,23,26)(H,24,25). The van der Waals surface area contributed by atoms with Gasteiger partial charge in [-0.25, -0.2) is 0 Å². The first-order valence-electron chi connectivity index (χ1n) is 8.62. The molecule has 5 nitrogen and oxygen atoms in total. The summed E-state index contributed by atoms with van der Waals surface area (Å²) in [4.78, 5) is 24.5. The molecule has 2 rings (SSSR count). The first-order chi connectivity index (χ1) is 12.9. The average molecular weight is 431 g/mol. The number of ether oxygens (including phenoxy) is 1. The number of carbonyl (C=O) groups excluding carboxylic acids is 2. The molecule has 0 bridgehead atoms. The Morgan fingerprint density at radius 1 is 1.22 bits per heavy atom. The van der Waals surface area contributed by atoms with Crippen molar-refractivity contribution in [3.63, 3.8) is 0 Å². The number of carbonyl (C=O) groups is 2. The lowest BCUT2D eigenvalue weighted by molar-refractivity contribution is -0.118. The number of halogens is 1. The zero-order chi connectivity index (χ0) is 19.8. The zero-order valence-corrected chi connectivity index (χ0v) is 17.0. The number of benzene rings is 2. The van der Waals surface area contributed by atoms with Crippen LogP contribution in [-0.2, 0) is 4.79 Å². The Hall–Kier alpha value is -2.60. The minimum Gasteiger partial charge on any atom is -0.483 e. The Kier molecular flexibility index (Phi) is 7.61. The van der Waals surface area contributed by atoms with E-state index in [1.807, 2.05) is 18.2 Å². The molecule has 2 amide bonds. The first-order valence-corrected chi connectivity index (χ1v) is 9.42. The fraction of sp³-hybridized carbons (Fsp3) is 0.238. The van der Waals surface area contributed by atoms with E-state index in [4.69, 9.17) is 4.74 Å². The smallest absolute Gasteiger partial charge is 0.262 e. The van der Waals surface area contributed by atoms with Gasteiger partial charge in [-0.15, -0.1) is 6.58 Å². The predicted molar refractivity (Wildman–Crippen MR) is 111 cm³/mol. The van der Waals surface area contributed by atoms with Gasteiger partial charge in [0.1, 0.15) is 5.75 Å². The van der Waals surface area contributed by atoms with Crippen molar-refractivity contribution in [2.75, 3.05) is 18.5 Å². The van der Waals surface area contributed by atoms with Crippen LogP contribution in [0.25, 0.3) is 0 Å². The highest BCUT2D eigenvalue weighted by molar-refractivity contribution is 9.10. The molecule has 6 heteroatoms. The van der Waals surface area contributed by atoms with E-state index in [-0.39, 0.29) is 24.3 Å². The largest absolute Gasteiger partial charge is 0.483 e. The van der Waals surface area contributed by atoms with Gasteiger partial charge in [0.15, 0.2) is 6.61 Å². The monoisotopic (exact) mass is 430 g/mol. The molecular formula is C21H23BrN2O3. The number of rotatable bonds is 8. The van der Waals surface area contributed by atoms with Gasteiger partial charge in [-0.1, -0.05) is 48.0 Å². The molecule has 2 aromatic rings. The molecule has 0 saturated heterocycles. The van der Waals surface area contributed by atoms with Crippen LogP contribution in [0.2, 0.25) is 0 Å². The average Bonchev–Trinajstić information content (AvgIpc) is 2.65. The van der Waals surface area contributed by atoms with Gasteiger partial charge in [-0.2, -0.15) is 0 Å². The number of hydrogen-bond acceptors (Lipinski definition) is 3. The van der Waals surface area contributed by atoms with E-state index in [0.717, 1.165) is 10.0 Å². The van der Waals surface area contributed by atoms with Crippen molar-refractivity contribution in [2.45, 2.75) is 19.8 Å². The molecule has 0 spiro atoms. The summed E-state index contributed by atoms with van der Waals surface area (Å²) in [6, 6.07) is 12.5. The molecule has 0 fully saturated rings. The summed E-state index contributed by atoms with van der Waals surface area (Å²) < 4.78 is 6.67. The minimum absolute atomic E-state index is 0.149. The van der Waals surface area contributed by atoms with E-state index in [0.29, 0.717) is 23.5 Å². The van der Waals surface area contributed by atoms with Gasteiger partial charge in [0.25, 0.3) is 11.8 Å². The fourth-order valence-corrected chi connectivity index (χ4v) is 2.86. The normalized spacial score (nSPS) is 10.4. The van der Waals surface area contributed by atoms with Crippen LogP contribution in [0, 0.1) is 0 Å². The van der Waals surface area contributed by atoms with Gasteiger partial charge in [0, 0.05) is 11.0 Å². The number of para-hydroxylation sites is 1. The van der Waals surface area contributed by atoms with Crippen molar-refractivity contribution >= 4 is 33.4 Å². The second-order valence-corrected chi connectivity index (χ2v) is 7.13. The summed E-state index contributed by atoms with van der Waals surface area (Å²) in [7, 11) is 0. The highest BCUT2D eigenvalue weighted by Gasteiger charge is 2.14. The van der Waals surface area contributed by atoms with Crippen molar-refractivity contribution in [1.29, 1.82) is 0 Å². The second-order valence-electron chi connectivity index (χ2n) is 6.22. The molecule has 0 aliphatic carbocycles. The van der Waals surface area contributed by atoms with Crippen molar-refractivity contribution in [2.24, 2.45) is 0 Å². The van der Waals surface area contributed by atoms with Gasteiger partial charge in [-0.05, 0) is 41.8 Å². The van der Waals surface area contributed by atoms with Crippen LogP contribution in [0.5, 0.6) is 5.75 Å². The Labute approximate surface area is 167 Å². The first kappa shape index (κ1) is 20.7. The third-order valence-corrected chi connectivity index (χ3v) is 4.30. The number of anilines is 1. The minimum atomic E-state index is -0.336. The summed E-state index contributed by atoms with van der Waals surface area (Å²) in [6.45, 7) is 7.90. The molecule has 142 valence electrons. The zero-order valence-electron chi connectivity index (χ0n) is 15.4. The third-order valence-electron chi connectivity index (χ3n) is 3.81. The lowest BCUT2D eigenvalue weighted by Gasteiger charge is -2.15. The van der Waals surface area contributed by atoms with Gasteiger partial charge in [-0.3, -0.25) is 9.59 Å². The van der Waals surface area contributed by atoms with Gasteiger partial charge in [0.2, 0.25) is 0 Å². The molecule has 2 N–H and O–H groups in total. The lowest BCUT2D eigenvalue weighted by atomic mass is 10.0. The molecule has 0 heterocycles. The number of nitrogens with one attached hydrogen (secondary N) is 2. The molecule has 0 radical (unpaired) electrons. The second kappa shape index (κ2) is 9.92. The molecule has 0 unspecified atom stereocenters. The molecule has 0 aliphatic heterocycles. The van der Waals surface area contributed by atoms with E-state index in [1.165, 1.54) is 0 Å². The predicted octanol–water partition coefficient (Wildman–Crippen LogP) is 4.51. The van der Waals surface area contributed by atoms with E-state index >= 15 is 0 Å². The van der Waals surface area contributed by atoms with E-state index in [9.17, 15) is 9.59 Å². The Bertz CT molecular complexity index is 834. The topological polar surface area (TPSA) is 67.4 Å². The van der Waals surface area contributed by atoms with E-state index in [2.05, 4.69) is 47.0 Å². The molecule has 2 aromatic carbocycles. The highest BCUT2D eigenvalue weighted by atomic mass is 79.9. The fourth-order valence-electron chi connectivity index (χ4n) is 2.48. The van der Waals surface area contributed by atoms with Crippen molar-refractivity contribution in [1.82, 2.24) is 5.32 Å². The SMILES string of the molecule is C=CCNC(=O)c1ccccc1NC(=O)COc1ccc(Br)cc1C(C)C. The summed E-state index contributed by atoms with van der Waals surface area (Å²) in [5.74, 6) is 0.313. The molecule has 0 saturated carbocycles. The van der Waals surface area contributed by atoms with Crippen molar-refractivity contribution in [3.8, 4) is 5.75 Å². The molecule has 0 atom stereocenters. The maximum Gasteiger partial charge on any atom is 0.262 e. The van der Waals surface area contributed by atoms with Crippen LogP contribution in [0.1, 0.15) is 35.7 Å². The Morgan fingerprint density at radius 3 is 2.67 bits per heavy atom. The van der Waals surface area contributed by atoms with Gasteiger partial charge >= 0.3 is 0 Å². The summed E-state index contributed by atoms with van der Waals surface area (Å²) in [5.41, 5.74) is 1.84. The number of amides is 2.